The average molecular weight is 354 g/mol. The van der Waals surface area contributed by atoms with Crippen molar-refractivity contribution in [2.75, 3.05) is 25.9 Å². The Labute approximate surface area is 143 Å². The van der Waals surface area contributed by atoms with Crippen LogP contribution in [0.15, 0.2) is 24.3 Å². The summed E-state index contributed by atoms with van der Waals surface area (Å²) in [7, 11) is -3.49. The number of hydrogen-bond donors (Lipinski definition) is 2. The molecule has 0 bridgehead atoms. The number of carbonyl (C=O) groups excluding carboxylic acids is 1. The van der Waals surface area contributed by atoms with E-state index in [1.165, 1.54) is 0 Å². The first-order valence-corrected chi connectivity index (χ1v) is 10.1. The lowest BCUT2D eigenvalue weighted by Gasteiger charge is -2.34. The molecule has 0 aliphatic carbocycles. The Morgan fingerprint density at radius 1 is 1.33 bits per heavy atom. The predicted molar refractivity (Wildman–Crippen MR) is 94.0 cm³/mol. The summed E-state index contributed by atoms with van der Waals surface area (Å²) in [6.45, 7) is 5.11. The standard InChI is InChI=1S/C17H26N2O4S/c1-13-6-4-5-7-15(13)23-14(2)12-19-16(20)17(24(3,21)22)8-10-18-11-9-17/h4-7,14,18H,8-12H2,1-3H3,(H,19,20). The Kier molecular flexibility index (Phi) is 5.87. The van der Waals surface area contributed by atoms with Crippen LogP contribution in [0.5, 0.6) is 5.75 Å². The molecule has 0 spiro atoms. The van der Waals surface area contributed by atoms with Crippen LogP contribution in [0, 0.1) is 6.92 Å². The van der Waals surface area contributed by atoms with E-state index in [1.807, 2.05) is 38.1 Å². The highest BCUT2D eigenvalue weighted by molar-refractivity contribution is 7.92. The topological polar surface area (TPSA) is 84.5 Å². The number of rotatable bonds is 6. The van der Waals surface area contributed by atoms with Crippen molar-refractivity contribution in [2.24, 2.45) is 0 Å². The van der Waals surface area contributed by atoms with E-state index >= 15 is 0 Å². The molecule has 2 rings (SSSR count). The fraction of sp³-hybridized carbons (Fsp3) is 0.588. The summed E-state index contributed by atoms with van der Waals surface area (Å²) in [6, 6.07) is 7.65. The van der Waals surface area contributed by atoms with E-state index in [1.54, 1.807) is 0 Å². The Morgan fingerprint density at radius 3 is 2.54 bits per heavy atom. The van der Waals surface area contributed by atoms with Gasteiger partial charge in [-0.05, 0) is 51.4 Å². The van der Waals surface area contributed by atoms with Crippen molar-refractivity contribution >= 4 is 15.7 Å². The summed E-state index contributed by atoms with van der Waals surface area (Å²) >= 11 is 0. The zero-order valence-electron chi connectivity index (χ0n) is 14.5. The van der Waals surface area contributed by atoms with E-state index in [2.05, 4.69) is 10.6 Å². The van der Waals surface area contributed by atoms with Crippen LogP contribution < -0.4 is 15.4 Å². The molecule has 24 heavy (non-hydrogen) atoms. The second kappa shape index (κ2) is 7.53. The third kappa shape index (κ3) is 4.08. The van der Waals surface area contributed by atoms with Gasteiger partial charge in [-0.25, -0.2) is 8.42 Å². The number of amides is 1. The molecule has 1 saturated heterocycles. The first-order valence-electron chi connectivity index (χ1n) is 8.17. The lowest BCUT2D eigenvalue weighted by Crippen LogP contribution is -2.58. The number of benzene rings is 1. The highest BCUT2D eigenvalue weighted by Gasteiger charge is 2.48. The molecule has 6 nitrogen and oxygen atoms in total. The molecule has 0 radical (unpaired) electrons. The maximum absolute atomic E-state index is 12.6. The molecular weight excluding hydrogens is 328 g/mol. The van der Waals surface area contributed by atoms with Gasteiger partial charge >= 0.3 is 0 Å². The van der Waals surface area contributed by atoms with Gasteiger partial charge in [0.25, 0.3) is 0 Å². The minimum atomic E-state index is -3.49. The van der Waals surface area contributed by atoms with Gasteiger partial charge in [-0.3, -0.25) is 4.79 Å². The van der Waals surface area contributed by atoms with Gasteiger partial charge in [0.05, 0.1) is 6.54 Å². The van der Waals surface area contributed by atoms with Gasteiger partial charge in [0.1, 0.15) is 11.9 Å². The first-order chi connectivity index (χ1) is 11.3. The van der Waals surface area contributed by atoms with Crippen LogP contribution in [0.2, 0.25) is 0 Å². The number of sulfone groups is 1. The molecule has 1 heterocycles. The largest absolute Gasteiger partial charge is 0.489 e. The van der Waals surface area contributed by atoms with Crippen LogP contribution in [-0.2, 0) is 14.6 Å². The first kappa shape index (κ1) is 18.7. The molecular formula is C17H26N2O4S. The fourth-order valence-electron chi connectivity index (χ4n) is 2.94. The molecule has 2 N–H and O–H groups in total. The molecule has 7 heteroatoms. The van der Waals surface area contributed by atoms with Crippen LogP contribution in [0.25, 0.3) is 0 Å². The highest BCUT2D eigenvalue weighted by Crippen LogP contribution is 2.28. The van der Waals surface area contributed by atoms with E-state index in [9.17, 15) is 13.2 Å². The monoisotopic (exact) mass is 354 g/mol. The van der Waals surface area contributed by atoms with Crippen molar-refractivity contribution in [1.82, 2.24) is 10.6 Å². The van der Waals surface area contributed by atoms with Crippen LogP contribution in [0.1, 0.15) is 25.3 Å². The zero-order chi connectivity index (χ0) is 17.8. The third-order valence-corrected chi connectivity index (χ3v) is 6.52. The third-order valence-electron chi connectivity index (χ3n) is 4.51. The second-order valence-electron chi connectivity index (χ2n) is 6.42. The maximum atomic E-state index is 12.6. The molecule has 1 aromatic carbocycles. The molecule has 0 aromatic heterocycles. The Morgan fingerprint density at radius 2 is 1.96 bits per heavy atom. The van der Waals surface area contributed by atoms with Gasteiger partial charge in [0.15, 0.2) is 14.6 Å². The summed E-state index contributed by atoms with van der Waals surface area (Å²) in [5.41, 5.74) is 1.02. The average Bonchev–Trinajstić information content (AvgIpc) is 2.54. The Balaban J connectivity index is 1.99. The molecule has 1 fully saturated rings. The normalized spacial score (nSPS) is 18.6. The maximum Gasteiger partial charge on any atom is 0.241 e. The number of hydrogen-bond acceptors (Lipinski definition) is 5. The minimum absolute atomic E-state index is 0.256. The number of aryl methyl sites for hydroxylation is 1. The van der Waals surface area contributed by atoms with Gasteiger partial charge in [-0.2, -0.15) is 0 Å². The Hall–Kier alpha value is -1.60. The van der Waals surface area contributed by atoms with Crippen LogP contribution in [0.3, 0.4) is 0 Å². The quantitative estimate of drug-likeness (QED) is 0.798. The number of para-hydroxylation sites is 1. The molecule has 0 saturated carbocycles. The fourth-order valence-corrected chi connectivity index (χ4v) is 4.30. The van der Waals surface area contributed by atoms with Crippen molar-refractivity contribution in [2.45, 2.75) is 37.5 Å². The van der Waals surface area contributed by atoms with Crippen molar-refractivity contribution in [3.05, 3.63) is 29.8 Å². The van der Waals surface area contributed by atoms with Gasteiger partial charge in [-0.1, -0.05) is 18.2 Å². The summed E-state index contributed by atoms with van der Waals surface area (Å²) in [5, 5.41) is 5.87. The van der Waals surface area contributed by atoms with Crippen molar-refractivity contribution < 1.29 is 17.9 Å². The van der Waals surface area contributed by atoms with E-state index in [-0.39, 0.29) is 12.6 Å². The minimum Gasteiger partial charge on any atom is -0.489 e. The second-order valence-corrected chi connectivity index (χ2v) is 8.75. The molecule has 1 aliphatic rings. The highest BCUT2D eigenvalue weighted by atomic mass is 32.2. The molecule has 1 unspecified atom stereocenters. The van der Waals surface area contributed by atoms with Crippen LogP contribution in [-0.4, -0.2) is 51.1 Å². The van der Waals surface area contributed by atoms with Gasteiger partial charge in [-0.15, -0.1) is 0 Å². The molecule has 1 aliphatic heterocycles. The van der Waals surface area contributed by atoms with E-state index in [4.69, 9.17) is 4.74 Å². The van der Waals surface area contributed by atoms with Crippen molar-refractivity contribution in [3.63, 3.8) is 0 Å². The summed E-state index contributed by atoms with van der Waals surface area (Å²) in [6.07, 6.45) is 1.48. The van der Waals surface area contributed by atoms with E-state index in [0.29, 0.717) is 25.9 Å². The molecule has 1 atom stereocenters. The predicted octanol–water partition coefficient (Wildman–Crippen LogP) is 1.05. The molecule has 134 valence electrons. The summed E-state index contributed by atoms with van der Waals surface area (Å²) in [4.78, 5) is 12.6. The number of ether oxygens (including phenoxy) is 1. The van der Waals surface area contributed by atoms with Gasteiger partial charge in [0.2, 0.25) is 5.91 Å². The van der Waals surface area contributed by atoms with Gasteiger partial charge < -0.3 is 15.4 Å². The smallest absolute Gasteiger partial charge is 0.241 e. The number of nitrogens with one attached hydrogen (secondary N) is 2. The van der Waals surface area contributed by atoms with Crippen molar-refractivity contribution in [1.29, 1.82) is 0 Å². The lowest BCUT2D eigenvalue weighted by atomic mass is 9.96. The lowest BCUT2D eigenvalue weighted by molar-refractivity contribution is -0.124. The summed E-state index contributed by atoms with van der Waals surface area (Å²) < 4.78 is 28.9. The number of carbonyl (C=O) groups is 1. The molecule has 1 amide bonds. The van der Waals surface area contributed by atoms with E-state index < -0.39 is 20.5 Å². The van der Waals surface area contributed by atoms with Crippen molar-refractivity contribution in [3.8, 4) is 5.75 Å². The van der Waals surface area contributed by atoms with Crippen LogP contribution in [0.4, 0.5) is 0 Å². The van der Waals surface area contributed by atoms with Gasteiger partial charge in [0, 0.05) is 6.26 Å². The van der Waals surface area contributed by atoms with Crippen LogP contribution >= 0.6 is 0 Å². The Bertz CT molecular complexity index is 682. The SMILES string of the molecule is Cc1ccccc1OC(C)CNC(=O)C1(S(C)(=O)=O)CCNCC1. The van der Waals surface area contributed by atoms with E-state index in [0.717, 1.165) is 17.6 Å². The number of piperidine rings is 1. The molecule has 1 aromatic rings. The summed E-state index contributed by atoms with van der Waals surface area (Å²) in [5.74, 6) is 0.339. The zero-order valence-corrected chi connectivity index (χ0v) is 15.3.